The van der Waals surface area contributed by atoms with Crippen LogP contribution in [0.2, 0.25) is 0 Å². The third-order valence-corrected chi connectivity index (χ3v) is 3.29. The highest BCUT2D eigenvalue weighted by atomic mass is 16.4. The van der Waals surface area contributed by atoms with Gasteiger partial charge in [-0.1, -0.05) is 12.8 Å². The Labute approximate surface area is 92.5 Å². The molecule has 0 amide bonds. The molecule has 0 spiro atoms. The molecular weight excluding hydrogens is 190 g/mol. The summed E-state index contributed by atoms with van der Waals surface area (Å²) >= 11 is 0. The van der Waals surface area contributed by atoms with Gasteiger partial charge in [-0.2, -0.15) is 0 Å². The Morgan fingerprint density at radius 3 is 2.40 bits per heavy atom. The van der Waals surface area contributed by atoms with Crippen molar-refractivity contribution in [2.24, 2.45) is 11.3 Å². The van der Waals surface area contributed by atoms with Crippen molar-refractivity contribution in [3.63, 3.8) is 0 Å². The molecule has 1 rings (SSSR count). The summed E-state index contributed by atoms with van der Waals surface area (Å²) in [6.07, 6.45) is 5.33. The standard InChI is InChI=1S/C12H23NO2/c1-12(2,11(14)15)9-13(3)8-10-6-4-5-7-10/h10H,4-9H2,1-3H3,(H,14,15). The van der Waals surface area contributed by atoms with Crippen LogP contribution < -0.4 is 0 Å². The zero-order valence-electron chi connectivity index (χ0n) is 10.1. The lowest BCUT2D eigenvalue weighted by molar-refractivity contribution is -0.147. The second-order valence-corrected chi connectivity index (χ2v) is 5.54. The fourth-order valence-corrected chi connectivity index (χ4v) is 2.44. The SMILES string of the molecule is CN(CC1CCCC1)CC(C)(C)C(=O)O. The van der Waals surface area contributed by atoms with Crippen molar-refractivity contribution in [3.05, 3.63) is 0 Å². The molecule has 0 atom stereocenters. The minimum atomic E-state index is -0.708. The van der Waals surface area contributed by atoms with Crippen molar-refractivity contribution < 1.29 is 9.90 Å². The van der Waals surface area contributed by atoms with Crippen LogP contribution in [-0.2, 0) is 4.79 Å². The Balaban J connectivity index is 2.34. The molecule has 15 heavy (non-hydrogen) atoms. The number of aliphatic carboxylic acids is 1. The molecule has 0 heterocycles. The fraction of sp³-hybridized carbons (Fsp3) is 0.917. The maximum Gasteiger partial charge on any atom is 0.310 e. The quantitative estimate of drug-likeness (QED) is 0.761. The average Bonchev–Trinajstić information content (AvgIpc) is 2.54. The van der Waals surface area contributed by atoms with Gasteiger partial charge in [0.2, 0.25) is 0 Å². The van der Waals surface area contributed by atoms with Gasteiger partial charge in [0, 0.05) is 13.1 Å². The smallest absolute Gasteiger partial charge is 0.310 e. The molecule has 88 valence electrons. The molecule has 1 saturated carbocycles. The molecule has 0 aromatic rings. The first-order valence-corrected chi connectivity index (χ1v) is 5.84. The van der Waals surface area contributed by atoms with E-state index in [0.29, 0.717) is 6.54 Å². The van der Waals surface area contributed by atoms with Gasteiger partial charge in [0.15, 0.2) is 0 Å². The van der Waals surface area contributed by atoms with Crippen LogP contribution >= 0.6 is 0 Å². The summed E-state index contributed by atoms with van der Waals surface area (Å²) in [5.41, 5.74) is -0.632. The van der Waals surface area contributed by atoms with E-state index < -0.39 is 11.4 Å². The summed E-state index contributed by atoms with van der Waals surface area (Å²) in [6.45, 7) is 5.27. The lowest BCUT2D eigenvalue weighted by Crippen LogP contribution is -2.38. The van der Waals surface area contributed by atoms with E-state index in [1.165, 1.54) is 25.7 Å². The molecule has 0 bridgehead atoms. The van der Waals surface area contributed by atoms with Gasteiger partial charge in [-0.05, 0) is 39.7 Å². The predicted molar refractivity (Wildman–Crippen MR) is 60.9 cm³/mol. The van der Waals surface area contributed by atoms with Gasteiger partial charge in [0.05, 0.1) is 5.41 Å². The molecule has 3 heteroatoms. The summed E-state index contributed by atoms with van der Waals surface area (Å²) in [6, 6.07) is 0. The molecule has 1 N–H and O–H groups in total. The Bertz CT molecular complexity index is 220. The maximum atomic E-state index is 11.0. The largest absolute Gasteiger partial charge is 0.481 e. The number of nitrogens with zero attached hydrogens (tertiary/aromatic N) is 1. The minimum absolute atomic E-state index is 0.632. The van der Waals surface area contributed by atoms with E-state index in [2.05, 4.69) is 4.90 Å². The second-order valence-electron chi connectivity index (χ2n) is 5.54. The first kappa shape index (κ1) is 12.5. The van der Waals surface area contributed by atoms with E-state index in [-0.39, 0.29) is 0 Å². The lowest BCUT2D eigenvalue weighted by Gasteiger charge is -2.28. The molecule has 1 fully saturated rings. The molecule has 0 saturated heterocycles. The van der Waals surface area contributed by atoms with Gasteiger partial charge in [-0.15, -0.1) is 0 Å². The van der Waals surface area contributed by atoms with E-state index in [1.807, 2.05) is 7.05 Å². The first-order chi connectivity index (χ1) is 6.92. The van der Waals surface area contributed by atoms with Crippen molar-refractivity contribution in [2.45, 2.75) is 39.5 Å². The van der Waals surface area contributed by atoms with Crippen LogP contribution in [0.5, 0.6) is 0 Å². The Morgan fingerprint density at radius 2 is 1.93 bits per heavy atom. The van der Waals surface area contributed by atoms with Crippen molar-refractivity contribution in [2.75, 3.05) is 20.1 Å². The summed E-state index contributed by atoms with van der Waals surface area (Å²) in [7, 11) is 2.03. The maximum absolute atomic E-state index is 11.0. The molecule has 0 aromatic carbocycles. The van der Waals surface area contributed by atoms with Gasteiger partial charge in [0.25, 0.3) is 0 Å². The number of hydrogen-bond acceptors (Lipinski definition) is 2. The molecule has 0 unspecified atom stereocenters. The first-order valence-electron chi connectivity index (χ1n) is 5.84. The number of hydrogen-bond donors (Lipinski definition) is 1. The lowest BCUT2D eigenvalue weighted by atomic mass is 9.93. The number of carboxylic acids is 1. The van der Waals surface area contributed by atoms with Gasteiger partial charge < -0.3 is 10.0 Å². The topological polar surface area (TPSA) is 40.5 Å². The van der Waals surface area contributed by atoms with Crippen LogP contribution in [0.3, 0.4) is 0 Å². The monoisotopic (exact) mass is 213 g/mol. The van der Waals surface area contributed by atoms with Gasteiger partial charge in [-0.25, -0.2) is 0 Å². The molecule has 0 radical (unpaired) electrons. The fourth-order valence-electron chi connectivity index (χ4n) is 2.44. The van der Waals surface area contributed by atoms with Crippen LogP contribution in [0.1, 0.15) is 39.5 Å². The number of rotatable bonds is 5. The van der Waals surface area contributed by atoms with Crippen molar-refractivity contribution in [1.29, 1.82) is 0 Å². The highest BCUT2D eigenvalue weighted by Crippen LogP contribution is 2.26. The van der Waals surface area contributed by atoms with Crippen molar-refractivity contribution in [3.8, 4) is 0 Å². The number of carbonyl (C=O) groups is 1. The summed E-state index contributed by atoms with van der Waals surface area (Å²) in [5.74, 6) is 0.0837. The van der Waals surface area contributed by atoms with E-state index >= 15 is 0 Å². The highest BCUT2D eigenvalue weighted by Gasteiger charge is 2.29. The second kappa shape index (κ2) is 4.97. The third-order valence-electron chi connectivity index (χ3n) is 3.29. The minimum Gasteiger partial charge on any atom is -0.481 e. The van der Waals surface area contributed by atoms with Crippen LogP contribution in [0.25, 0.3) is 0 Å². The van der Waals surface area contributed by atoms with E-state index in [0.717, 1.165) is 12.5 Å². The third kappa shape index (κ3) is 3.82. The van der Waals surface area contributed by atoms with Crippen molar-refractivity contribution >= 4 is 5.97 Å². The average molecular weight is 213 g/mol. The molecular formula is C12H23NO2. The predicted octanol–water partition coefficient (Wildman–Crippen LogP) is 2.22. The molecule has 1 aliphatic rings. The summed E-state index contributed by atoms with van der Waals surface area (Å²) in [4.78, 5) is 13.1. The highest BCUT2D eigenvalue weighted by molar-refractivity contribution is 5.73. The van der Waals surface area contributed by atoms with E-state index in [1.54, 1.807) is 13.8 Å². The Hall–Kier alpha value is -0.570. The molecule has 0 aromatic heterocycles. The van der Waals surface area contributed by atoms with Gasteiger partial charge in [0.1, 0.15) is 0 Å². The van der Waals surface area contributed by atoms with Gasteiger partial charge in [-0.3, -0.25) is 4.79 Å². The van der Waals surface area contributed by atoms with Gasteiger partial charge >= 0.3 is 5.97 Å². The normalized spacial score (nSPS) is 18.7. The molecule has 0 aliphatic heterocycles. The Kier molecular flexibility index (Phi) is 4.14. The Morgan fingerprint density at radius 1 is 1.40 bits per heavy atom. The van der Waals surface area contributed by atoms with Crippen LogP contribution in [0, 0.1) is 11.3 Å². The summed E-state index contributed by atoms with van der Waals surface area (Å²) < 4.78 is 0. The zero-order chi connectivity index (χ0) is 11.5. The van der Waals surface area contributed by atoms with Crippen LogP contribution in [0.4, 0.5) is 0 Å². The van der Waals surface area contributed by atoms with Crippen LogP contribution in [-0.4, -0.2) is 36.1 Å². The molecule has 3 nitrogen and oxygen atoms in total. The van der Waals surface area contributed by atoms with Crippen molar-refractivity contribution in [1.82, 2.24) is 4.90 Å². The summed E-state index contributed by atoms with van der Waals surface area (Å²) in [5, 5.41) is 9.02. The number of carboxylic acid groups (broad SMARTS) is 1. The van der Waals surface area contributed by atoms with Crippen LogP contribution in [0.15, 0.2) is 0 Å². The zero-order valence-corrected chi connectivity index (χ0v) is 10.1. The molecule has 1 aliphatic carbocycles. The van der Waals surface area contributed by atoms with E-state index in [9.17, 15) is 4.79 Å². The van der Waals surface area contributed by atoms with E-state index in [4.69, 9.17) is 5.11 Å².